The lowest BCUT2D eigenvalue weighted by Crippen LogP contribution is -2.34. The quantitative estimate of drug-likeness (QED) is 0.525. The van der Waals surface area contributed by atoms with Crippen molar-refractivity contribution in [2.24, 2.45) is 5.92 Å². The maximum Gasteiger partial charge on any atom is 0.251 e. The molecule has 1 heterocycles. The Kier molecular flexibility index (Phi) is 6.70. The molecule has 0 spiro atoms. The molecule has 2 N–H and O–H groups in total. The molecule has 1 saturated carbocycles. The molecule has 1 aromatic heterocycles. The van der Waals surface area contributed by atoms with Crippen molar-refractivity contribution in [3.63, 3.8) is 0 Å². The van der Waals surface area contributed by atoms with Crippen molar-refractivity contribution in [3.8, 4) is 0 Å². The van der Waals surface area contributed by atoms with Crippen LogP contribution in [0.1, 0.15) is 36.0 Å². The number of nitrogens with one attached hydrogen (secondary N) is 2. The molecular weight excluding hydrogens is 454 g/mol. The lowest BCUT2D eigenvalue weighted by molar-refractivity contribution is 0.0943. The van der Waals surface area contributed by atoms with Gasteiger partial charge in [-0.05, 0) is 68.0 Å². The smallest absolute Gasteiger partial charge is 0.251 e. The zero-order chi connectivity index (χ0) is 21.8. The second kappa shape index (κ2) is 9.64. The van der Waals surface area contributed by atoms with Crippen LogP contribution in [0.25, 0.3) is 10.9 Å². The van der Waals surface area contributed by atoms with Gasteiger partial charge in [0.2, 0.25) is 5.95 Å². The van der Waals surface area contributed by atoms with Gasteiger partial charge in [-0.3, -0.25) is 4.79 Å². The van der Waals surface area contributed by atoms with E-state index in [2.05, 4.69) is 32.6 Å². The first-order chi connectivity index (χ1) is 15.0. The van der Waals surface area contributed by atoms with E-state index < -0.39 is 0 Å². The van der Waals surface area contributed by atoms with Crippen LogP contribution in [-0.2, 0) is 0 Å². The lowest BCUT2D eigenvalue weighted by Gasteiger charge is -2.29. The second-order valence-electron chi connectivity index (χ2n) is 8.36. The summed E-state index contributed by atoms with van der Waals surface area (Å²) in [5.41, 5.74) is 1.65. The number of carbonyl (C=O) groups excluding carboxylic acids is 1. The molecule has 7 heteroatoms. The standard InChI is InChI=1S/C24H28BrN5O/c1-30(2)22-20-5-3-4-6-21(20)28-24(29-22)27-19-13-7-16(8-14-19)15-26-23(31)17-9-11-18(25)12-10-17/h3-6,9-12,16,19H,7-8,13-15H2,1-2H3,(H,26,31)(H,27,28,29)/t16-,19+. The minimum atomic E-state index is -0.00599. The Morgan fingerprint density at radius 2 is 1.74 bits per heavy atom. The zero-order valence-electron chi connectivity index (χ0n) is 17.9. The van der Waals surface area contributed by atoms with Crippen LogP contribution in [-0.4, -0.2) is 42.6 Å². The van der Waals surface area contributed by atoms with Gasteiger partial charge < -0.3 is 15.5 Å². The molecule has 1 aliphatic carbocycles. The predicted octanol–water partition coefficient (Wildman–Crippen LogP) is 4.86. The van der Waals surface area contributed by atoms with E-state index in [0.29, 0.717) is 23.5 Å². The minimum Gasteiger partial charge on any atom is -0.362 e. The van der Waals surface area contributed by atoms with Crippen LogP contribution in [0.5, 0.6) is 0 Å². The largest absolute Gasteiger partial charge is 0.362 e. The Bertz CT molecular complexity index is 1050. The Morgan fingerprint density at radius 3 is 2.45 bits per heavy atom. The summed E-state index contributed by atoms with van der Waals surface area (Å²) in [6.45, 7) is 0.721. The highest BCUT2D eigenvalue weighted by molar-refractivity contribution is 9.10. The van der Waals surface area contributed by atoms with E-state index in [0.717, 1.165) is 53.4 Å². The van der Waals surface area contributed by atoms with E-state index in [1.165, 1.54) is 0 Å². The van der Waals surface area contributed by atoms with E-state index in [9.17, 15) is 4.79 Å². The number of halogens is 1. The second-order valence-corrected chi connectivity index (χ2v) is 9.28. The molecule has 1 amide bonds. The van der Waals surface area contributed by atoms with Gasteiger partial charge in [-0.1, -0.05) is 28.1 Å². The van der Waals surface area contributed by atoms with E-state index >= 15 is 0 Å². The number of amides is 1. The summed E-state index contributed by atoms with van der Waals surface area (Å²) in [5, 5.41) is 7.69. The third-order valence-electron chi connectivity index (χ3n) is 5.84. The normalized spacial score (nSPS) is 18.5. The first kappa shape index (κ1) is 21.6. The number of benzene rings is 2. The molecule has 4 rings (SSSR count). The Morgan fingerprint density at radius 1 is 1.03 bits per heavy atom. The number of para-hydroxylation sites is 1. The molecule has 2 aromatic carbocycles. The highest BCUT2D eigenvalue weighted by Gasteiger charge is 2.23. The maximum absolute atomic E-state index is 12.3. The molecule has 1 fully saturated rings. The molecule has 0 radical (unpaired) electrons. The van der Waals surface area contributed by atoms with Gasteiger partial charge in [-0.25, -0.2) is 4.98 Å². The summed E-state index contributed by atoms with van der Waals surface area (Å²) in [5.74, 6) is 2.12. The topological polar surface area (TPSA) is 70.2 Å². The zero-order valence-corrected chi connectivity index (χ0v) is 19.5. The van der Waals surface area contributed by atoms with Crippen molar-refractivity contribution in [2.45, 2.75) is 31.7 Å². The molecule has 6 nitrogen and oxygen atoms in total. The highest BCUT2D eigenvalue weighted by atomic mass is 79.9. The summed E-state index contributed by atoms with van der Waals surface area (Å²) in [4.78, 5) is 23.8. The van der Waals surface area contributed by atoms with Gasteiger partial charge in [0.15, 0.2) is 0 Å². The van der Waals surface area contributed by atoms with Gasteiger partial charge in [0.1, 0.15) is 5.82 Å². The number of nitrogens with zero attached hydrogens (tertiary/aromatic N) is 3. The Balaban J connectivity index is 1.31. The molecule has 0 aliphatic heterocycles. The summed E-state index contributed by atoms with van der Waals surface area (Å²) >= 11 is 3.40. The van der Waals surface area contributed by atoms with Crippen LogP contribution in [0.3, 0.4) is 0 Å². The maximum atomic E-state index is 12.3. The van der Waals surface area contributed by atoms with Crippen LogP contribution in [0.2, 0.25) is 0 Å². The highest BCUT2D eigenvalue weighted by Crippen LogP contribution is 2.28. The fourth-order valence-electron chi connectivity index (χ4n) is 4.10. The minimum absolute atomic E-state index is 0.00599. The fraction of sp³-hybridized carbons (Fsp3) is 0.375. The van der Waals surface area contributed by atoms with Crippen molar-refractivity contribution >= 4 is 44.5 Å². The summed E-state index contributed by atoms with van der Waals surface area (Å²) in [7, 11) is 4.01. The first-order valence-corrected chi connectivity index (χ1v) is 11.5. The van der Waals surface area contributed by atoms with Crippen molar-refractivity contribution in [3.05, 3.63) is 58.6 Å². The molecule has 162 valence electrons. The van der Waals surface area contributed by atoms with Gasteiger partial charge in [0.05, 0.1) is 5.52 Å². The number of anilines is 2. The number of hydrogen-bond acceptors (Lipinski definition) is 5. The Labute approximate surface area is 191 Å². The molecule has 0 bridgehead atoms. The van der Waals surface area contributed by atoms with Crippen molar-refractivity contribution < 1.29 is 4.79 Å². The fourth-order valence-corrected chi connectivity index (χ4v) is 4.36. The third-order valence-corrected chi connectivity index (χ3v) is 6.37. The van der Waals surface area contributed by atoms with Crippen LogP contribution in [0.4, 0.5) is 11.8 Å². The number of hydrogen-bond donors (Lipinski definition) is 2. The van der Waals surface area contributed by atoms with Crippen molar-refractivity contribution in [2.75, 3.05) is 30.9 Å². The van der Waals surface area contributed by atoms with Gasteiger partial charge >= 0.3 is 0 Å². The van der Waals surface area contributed by atoms with Crippen molar-refractivity contribution in [1.82, 2.24) is 15.3 Å². The van der Waals surface area contributed by atoms with Gasteiger partial charge in [0.25, 0.3) is 5.91 Å². The molecule has 1 aliphatic rings. The lowest BCUT2D eigenvalue weighted by atomic mass is 9.86. The Hall–Kier alpha value is -2.67. The van der Waals surface area contributed by atoms with Crippen molar-refractivity contribution in [1.29, 1.82) is 0 Å². The van der Waals surface area contributed by atoms with E-state index in [-0.39, 0.29) is 5.91 Å². The summed E-state index contributed by atoms with van der Waals surface area (Å²) < 4.78 is 0.975. The molecule has 0 atom stereocenters. The molecule has 31 heavy (non-hydrogen) atoms. The van der Waals surface area contributed by atoms with E-state index in [4.69, 9.17) is 9.97 Å². The number of aromatic nitrogens is 2. The first-order valence-electron chi connectivity index (χ1n) is 10.7. The SMILES string of the molecule is CN(C)c1nc(N[C@H]2CC[C@@H](CNC(=O)c3ccc(Br)cc3)CC2)nc2ccccc12. The number of rotatable bonds is 6. The summed E-state index contributed by atoms with van der Waals surface area (Å²) in [6, 6.07) is 15.9. The van der Waals surface area contributed by atoms with Crippen LogP contribution < -0.4 is 15.5 Å². The van der Waals surface area contributed by atoms with Gasteiger partial charge in [0, 0.05) is 42.1 Å². The average molecular weight is 482 g/mol. The summed E-state index contributed by atoms with van der Waals surface area (Å²) in [6.07, 6.45) is 4.25. The van der Waals surface area contributed by atoms with E-state index in [1.807, 2.05) is 61.5 Å². The number of carbonyl (C=O) groups is 1. The van der Waals surface area contributed by atoms with Gasteiger partial charge in [-0.15, -0.1) is 0 Å². The predicted molar refractivity (Wildman–Crippen MR) is 130 cm³/mol. The molecular formula is C24H28BrN5O. The molecule has 3 aromatic rings. The van der Waals surface area contributed by atoms with E-state index in [1.54, 1.807) is 0 Å². The molecule has 0 saturated heterocycles. The average Bonchev–Trinajstić information content (AvgIpc) is 2.78. The van der Waals surface area contributed by atoms with Crippen LogP contribution in [0, 0.1) is 5.92 Å². The van der Waals surface area contributed by atoms with Crippen LogP contribution >= 0.6 is 15.9 Å². The van der Waals surface area contributed by atoms with Gasteiger partial charge in [-0.2, -0.15) is 4.98 Å². The van der Waals surface area contributed by atoms with Crippen LogP contribution in [0.15, 0.2) is 53.0 Å². The third kappa shape index (κ3) is 5.34. The molecule has 0 unspecified atom stereocenters. The number of fused-ring (bicyclic) bond motifs is 1. The monoisotopic (exact) mass is 481 g/mol.